The van der Waals surface area contributed by atoms with E-state index in [1.807, 2.05) is 0 Å². The van der Waals surface area contributed by atoms with Crippen molar-refractivity contribution in [3.63, 3.8) is 0 Å². The van der Waals surface area contributed by atoms with Crippen LogP contribution in [0.2, 0.25) is 20.1 Å². The molecule has 1 unspecified atom stereocenters. The van der Waals surface area contributed by atoms with Gasteiger partial charge in [-0.05, 0) is 90.2 Å². The Morgan fingerprint density at radius 3 is 2.29 bits per heavy atom. The van der Waals surface area contributed by atoms with Gasteiger partial charge in [0, 0.05) is 98.3 Å². The topological polar surface area (TPSA) is 286 Å². The highest BCUT2D eigenvalue weighted by atomic mass is 35.5. The number of halogens is 4. The van der Waals surface area contributed by atoms with Crippen LogP contribution >= 0.6 is 54.2 Å². The van der Waals surface area contributed by atoms with Gasteiger partial charge in [0.2, 0.25) is 23.2 Å². The van der Waals surface area contributed by atoms with E-state index in [1.54, 1.807) is 7.05 Å². The maximum atomic E-state index is 15.1. The second kappa shape index (κ2) is 24.1. The first kappa shape index (κ1) is 62.0. The molecule has 21 nitrogen and oxygen atoms in total. The van der Waals surface area contributed by atoms with Crippen molar-refractivity contribution >= 4 is 112 Å². The van der Waals surface area contributed by atoms with Gasteiger partial charge in [0.15, 0.2) is 22.9 Å². The van der Waals surface area contributed by atoms with Crippen molar-refractivity contribution < 1.29 is 48.2 Å². The van der Waals surface area contributed by atoms with Crippen LogP contribution in [0.15, 0.2) is 41.2 Å². The van der Waals surface area contributed by atoms with Crippen LogP contribution in [0, 0.1) is 0 Å². The molecule has 8 N–H and O–H groups in total. The van der Waals surface area contributed by atoms with Gasteiger partial charge < -0.3 is 60.2 Å². The van der Waals surface area contributed by atoms with E-state index < -0.39 is 50.4 Å². The summed E-state index contributed by atoms with van der Waals surface area (Å²) in [4.78, 5) is 76.0. The van der Waals surface area contributed by atoms with E-state index in [-0.39, 0.29) is 78.7 Å². The fraction of sp³-hybridized carbons (Fsp3) is 0.474. The number of hydrogen-bond acceptors (Lipinski definition) is 15. The summed E-state index contributed by atoms with van der Waals surface area (Å²) in [5.41, 5.74) is 11.2. The van der Waals surface area contributed by atoms with Gasteiger partial charge in [-0.1, -0.05) is 65.3 Å². The number of fused-ring (bicyclic) bond motifs is 5. The lowest BCUT2D eigenvalue weighted by atomic mass is 9.83. The molecule has 9 rings (SSSR count). The van der Waals surface area contributed by atoms with Crippen LogP contribution in [0.3, 0.4) is 0 Å². The molecule has 2 amide bonds. The molecule has 4 aliphatic rings. The second-order valence-electron chi connectivity index (χ2n) is 22.4. The van der Waals surface area contributed by atoms with E-state index in [2.05, 4.69) is 131 Å². The Bertz CT molecular complexity index is 3770. The van der Waals surface area contributed by atoms with Gasteiger partial charge >= 0.3 is 0 Å². The van der Waals surface area contributed by atoms with Crippen LogP contribution in [-0.2, 0) is 18.6 Å². The van der Waals surface area contributed by atoms with Crippen molar-refractivity contribution in [2.45, 2.75) is 130 Å². The minimum Gasteiger partial charge on any atom is -0.756 e. The number of anilines is 3. The Morgan fingerprint density at radius 1 is 0.916 bits per heavy atom. The van der Waals surface area contributed by atoms with Crippen LogP contribution < -0.4 is 51.6 Å². The highest BCUT2D eigenvalue weighted by Crippen LogP contribution is 2.51. The van der Waals surface area contributed by atoms with Crippen molar-refractivity contribution in [3.8, 4) is 11.5 Å². The van der Waals surface area contributed by atoms with Crippen molar-refractivity contribution in [2.75, 3.05) is 62.3 Å². The van der Waals surface area contributed by atoms with E-state index in [0.29, 0.717) is 65.8 Å². The molecule has 6 heterocycles. The Hall–Kier alpha value is -5.55. The summed E-state index contributed by atoms with van der Waals surface area (Å²) in [6, 6.07) is 8.34. The van der Waals surface area contributed by atoms with Crippen LogP contribution in [0.25, 0.3) is 27.9 Å². The third-order valence-corrected chi connectivity index (χ3v) is 18.1. The number of benzene rings is 3. The van der Waals surface area contributed by atoms with Crippen molar-refractivity contribution in [3.05, 3.63) is 105 Å². The molecule has 4 aliphatic heterocycles. The number of carbonyl (C=O) groups excluding carboxylic acids is 2. The standard InChI is InChI=1S/C57H69Cl4N10O11P/c1-10-69-34-23-36-32(21-30(34)28(3)25-56(69,5)6)40(33-22-31-29(4)26-57(7,8)70(11-2)35(31)24-37(33)81-36)41-42(44(59)46(61)45(60)43(41)58)52(76)68(9)20-16-17-39(72)63-18-14-12-13-15-19-64-55-65-47-50(66-54(62)67-51(47)75)71(55)53-49(74)48(73)38(82-53)27-80-83(77,78)79/h21-26,38,48-49,53,73-74H,10-20,27H2,1-9H3,(H6,62,63,67,72,75,76,77,78,79)/t38-,48-,49-,53-/m1/s1. The maximum Gasteiger partial charge on any atom is 0.280 e. The number of aromatic amines is 1. The summed E-state index contributed by atoms with van der Waals surface area (Å²) in [5, 5.41) is 29.2. The number of ether oxygens (including phenoxy) is 2. The number of aliphatic hydroxyl groups is 2. The fourth-order valence-corrected chi connectivity index (χ4v) is 13.4. The Morgan fingerprint density at radius 2 is 1.60 bits per heavy atom. The van der Waals surface area contributed by atoms with E-state index in [4.69, 9.17) is 66.5 Å². The zero-order valence-corrected chi connectivity index (χ0v) is 51.5. The van der Waals surface area contributed by atoms with Gasteiger partial charge in [0.1, 0.15) is 36.4 Å². The first-order chi connectivity index (χ1) is 39.1. The lowest BCUT2D eigenvalue weighted by molar-refractivity contribution is -0.222. The molecule has 1 fully saturated rings. The molecule has 446 valence electrons. The molecule has 0 radical (unpaired) electrons. The van der Waals surface area contributed by atoms with E-state index in [1.165, 1.54) is 9.47 Å². The quantitative estimate of drug-likeness (QED) is 0.0132. The van der Waals surface area contributed by atoms with Crippen molar-refractivity contribution in [1.82, 2.24) is 34.3 Å². The summed E-state index contributed by atoms with van der Waals surface area (Å²) in [5.74, 6) is 0.268. The van der Waals surface area contributed by atoms with Crippen LogP contribution in [0.4, 0.5) is 17.6 Å². The van der Waals surface area contributed by atoms with Crippen LogP contribution in [0.1, 0.15) is 133 Å². The second-order valence-corrected chi connectivity index (χ2v) is 25.1. The van der Waals surface area contributed by atoms with Crippen molar-refractivity contribution in [1.29, 1.82) is 0 Å². The maximum absolute atomic E-state index is 15.1. The molecular weight excluding hydrogens is 1170 g/mol. The third-order valence-electron chi connectivity index (χ3n) is 15.8. The first-order valence-corrected chi connectivity index (χ1v) is 30.6. The normalized spacial score (nSPS) is 20.2. The number of carbonyl (C=O) groups is 2. The molecule has 83 heavy (non-hydrogen) atoms. The molecule has 0 spiro atoms. The smallest absolute Gasteiger partial charge is 0.280 e. The average molecular weight is 1240 g/mol. The summed E-state index contributed by atoms with van der Waals surface area (Å²) in [6.07, 6.45) is 1.56. The predicted octanol–water partition coefficient (Wildman–Crippen LogP) is 7.13. The molecule has 1 saturated heterocycles. The van der Waals surface area contributed by atoms with Gasteiger partial charge in [-0.25, -0.2) is 9.56 Å². The number of phosphoric ester groups is 1. The average Bonchev–Trinajstić information content (AvgIpc) is 1.82. The molecule has 5 aromatic rings. The molecular formula is C57H69Cl4N10O11P. The number of aromatic nitrogens is 4. The SMILES string of the molecule is CCN1c2cc3c(cc2C(C)=CC1(C)C)C(c1c(Cl)c(Cl)c(Cl)c(Cl)c1C(=O)N(C)CCCC(=O)NCCCCCCNc1nc2c(=O)[nH]c(N)nc2n1[C@@H]1O[C@H](COP(=O)([O-])O)[C@@H](O)[C@H]1O)=c1cc2c(cc1O3)=[N+](CC)C(C)(C)C=C2C. The summed E-state index contributed by atoms with van der Waals surface area (Å²) in [7, 11) is -3.54. The highest BCUT2D eigenvalue weighted by Gasteiger charge is 2.46. The van der Waals surface area contributed by atoms with E-state index in [9.17, 15) is 29.3 Å². The Kier molecular flexibility index (Phi) is 18.0. The number of hydrogen-bond donors (Lipinski definition) is 7. The number of aliphatic hydroxyl groups excluding tert-OH is 2. The Balaban J connectivity index is 0.880. The number of rotatable bonds is 20. The molecule has 2 aromatic heterocycles. The van der Waals surface area contributed by atoms with Crippen LogP contribution in [-0.4, -0.2) is 127 Å². The van der Waals surface area contributed by atoms with Gasteiger partial charge in [0.05, 0.1) is 43.9 Å². The molecule has 26 heteroatoms. The van der Waals surface area contributed by atoms with Gasteiger partial charge in [0.25, 0.3) is 19.3 Å². The van der Waals surface area contributed by atoms with Gasteiger partial charge in [-0.3, -0.25) is 28.5 Å². The third kappa shape index (κ3) is 12.1. The number of allylic oxidation sites excluding steroid dienone is 2. The molecule has 0 saturated carbocycles. The lowest BCUT2D eigenvalue weighted by Crippen LogP contribution is -2.49. The van der Waals surface area contributed by atoms with E-state index in [0.717, 1.165) is 59.2 Å². The van der Waals surface area contributed by atoms with Gasteiger partial charge in [-0.15, -0.1) is 0 Å². The number of phosphoric acid groups is 1. The largest absolute Gasteiger partial charge is 0.756 e. The molecule has 0 bridgehead atoms. The van der Waals surface area contributed by atoms with E-state index >= 15 is 4.79 Å². The number of nitrogen functional groups attached to an aromatic ring is 1. The number of unbranched alkanes of at least 4 members (excludes halogenated alkanes) is 3. The number of imidazole rings is 1. The Labute approximate surface area is 500 Å². The summed E-state index contributed by atoms with van der Waals surface area (Å²) < 4.78 is 31.9. The van der Waals surface area contributed by atoms with Crippen molar-refractivity contribution in [2.24, 2.45) is 0 Å². The summed E-state index contributed by atoms with van der Waals surface area (Å²) >= 11 is 28.4. The lowest BCUT2D eigenvalue weighted by Gasteiger charge is -2.43. The number of amides is 2. The minimum atomic E-state index is -5.18. The predicted molar refractivity (Wildman–Crippen MR) is 321 cm³/mol. The van der Waals surface area contributed by atoms with Crippen LogP contribution in [0.5, 0.6) is 11.5 Å². The monoisotopic (exact) mass is 1240 g/mol. The molecule has 3 aromatic carbocycles. The number of nitrogens with zero attached hydrogens (tertiary/aromatic N) is 6. The van der Waals surface area contributed by atoms with Gasteiger partial charge in [-0.2, -0.15) is 4.98 Å². The summed E-state index contributed by atoms with van der Waals surface area (Å²) in [6.45, 7) is 18.8. The number of nitrogens with two attached hydrogens (primary N) is 1. The number of likely N-dealkylation sites (N-methyl/N-ethyl adjacent to an activating group) is 2. The minimum absolute atomic E-state index is 0.00562. The zero-order chi connectivity index (χ0) is 60.4. The highest BCUT2D eigenvalue weighted by molar-refractivity contribution is 7.44. The molecule has 5 atom stereocenters. The fourth-order valence-electron chi connectivity index (χ4n) is 12.0. The number of nitrogens with one attached hydrogen (secondary N) is 3. The molecule has 0 aliphatic carbocycles. The zero-order valence-electron chi connectivity index (χ0n) is 47.6. The number of H-pyrrole nitrogens is 1. The first-order valence-electron chi connectivity index (χ1n) is 27.6.